The van der Waals surface area contributed by atoms with Crippen LogP contribution in [-0.4, -0.2) is 32.4 Å². The van der Waals surface area contributed by atoms with Crippen LogP contribution in [0.3, 0.4) is 0 Å². The number of rotatable bonds is 5. The molecule has 0 radical (unpaired) electrons. The Kier molecular flexibility index (Phi) is 5.57. The molecule has 0 aromatic heterocycles. The predicted molar refractivity (Wildman–Crippen MR) is 99.9 cm³/mol. The van der Waals surface area contributed by atoms with E-state index in [2.05, 4.69) is 19.1 Å². The molecule has 1 atom stereocenters. The number of sulfonamides is 1. The van der Waals surface area contributed by atoms with E-state index in [0.29, 0.717) is 19.7 Å². The van der Waals surface area contributed by atoms with Gasteiger partial charge >= 0.3 is 0 Å². The zero-order valence-corrected chi connectivity index (χ0v) is 15.6. The zero-order chi connectivity index (χ0) is 17.9. The number of benzene rings is 2. The highest BCUT2D eigenvalue weighted by atomic mass is 32.2. The maximum Gasteiger partial charge on any atom is 0.218 e. The van der Waals surface area contributed by atoms with Crippen molar-refractivity contribution >= 4 is 10.0 Å². The Hall–Kier alpha value is -1.69. The van der Waals surface area contributed by atoms with Crippen LogP contribution >= 0.6 is 0 Å². The summed E-state index contributed by atoms with van der Waals surface area (Å²) in [4.78, 5) is 0. The quantitative estimate of drug-likeness (QED) is 0.821. The van der Waals surface area contributed by atoms with Crippen LogP contribution in [0.25, 0.3) is 0 Å². The van der Waals surface area contributed by atoms with Crippen molar-refractivity contribution in [3.63, 3.8) is 0 Å². The molecule has 2 aromatic rings. The number of ether oxygens (including phenoxy) is 1. The molecule has 0 spiro atoms. The fourth-order valence-corrected chi connectivity index (χ4v) is 4.55. The lowest BCUT2D eigenvalue weighted by molar-refractivity contribution is -0.00260. The molecule has 0 N–H and O–H groups in total. The van der Waals surface area contributed by atoms with Crippen molar-refractivity contribution in [3.8, 4) is 0 Å². The smallest absolute Gasteiger partial charge is 0.218 e. The molecular formula is C20H25NO3S. The van der Waals surface area contributed by atoms with Gasteiger partial charge in [-0.05, 0) is 30.0 Å². The fraction of sp³-hybridized carbons (Fsp3) is 0.400. The van der Waals surface area contributed by atoms with E-state index in [-0.39, 0.29) is 11.9 Å². The van der Waals surface area contributed by atoms with Gasteiger partial charge in [0.2, 0.25) is 10.0 Å². The lowest BCUT2D eigenvalue weighted by Gasteiger charge is -2.32. The number of nitrogens with zero attached hydrogens (tertiary/aromatic N) is 1. The van der Waals surface area contributed by atoms with Gasteiger partial charge in [-0.1, -0.05) is 61.0 Å². The number of aryl methyl sites for hydroxylation is 2. The number of hydrogen-bond donors (Lipinski definition) is 0. The first-order valence-corrected chi connectivity index (χ1v) is 10.3. The van der Waals surface area contributed by atoms with Crippen molar-refractivity contribution in [2.45, 2.75) is 32.1 Å². The third-order valence-electron chi connectivity index (χ3n) is 4.65. The van der Waals surface area contributed by atoms with Crippen LogP contribution in [0, 0.1) is 6.92 Å². The molecule has 0 amide bonds. The van der Waals surface area contributed by atoms with Crippen LogP contribution in [0.1, 0.15) is 35.3 Å². The summed E-state index contributed by atoms with van der Waals surface area (Å²) in [5.41, 5.74) is 4.25. The Morgan fingerprint density at radius 3 is 2.32 bits per heavy atom. The molecule has 1 heterocycles. The van der Waals surface area contributed by atoms with Crippen LogP contribution < -0.4 is 0 Å². The molecular weight excluding hydrogens is 334 g/mol. The molecule has 0 bridgehead atoms. The van der Waals surface area contributed by atoms with Gasteiger partial charge in [-0.25, -0.2) is 8.42 Å². The topological polar surface area (TPSA) is 46.6 Å². The minimum absolute atomic E-state index is 0.0365. The largest absolute Gasteiger partial charge is 0.371 e. The van der Waals surface area contributed by atoms with Crippen molar-refractivity contribution in [3.05, 3.63) is 70.8 Å². The normalized spacial score (nSPS) is 19.0. The molecule has 1 aliphatic heterocycles. The number of morpholine rings is 1. The molecule has 1 saturated heterocycles. The monoisotopic (exact) mass is 359 g/mol. The van der Waals surface area contributed by atoms with Gasteiger partial charge in [-0.15, -0.1) is 0 Å². The highest BCUT2D eigenvalue weighted by Crippen LogP contribution is 2.25. The average Bonchev–Trinajstić information content (AvgIpc) is 2.64. The SMILES string of the molecule is CCc1ccc(C2CN(S(=O)(=O)Cc3ccc(C)cc3)CCO2)cc1. The summed E-state index contributed by atoms with van der Waals surface area (Å²) in [5, 5.41) is 0. The first-order chi connectivity index (χ1) is 12.0. The lowest BCUT2D eigenvalue weighted by Crippen LogP contribution is -2.42. The van der Waals surface area contributed by atoms with Crippen LogP contribution in [0.4, 0.5) is 0 Å². The van der Waals surface area contributed by atoms with Crippen molar-refractivity contribution in [1.29, 1.82) is 0 Å². The van der Waals surface area contributed by atoms with Gasteiger partial charge in [0.15, 0.2) is 0 Å². The summed E-state index contributed by atoms with van der Waals surface area (Å²) in [6.07, 6.45) is 0.788. The molecule has 2 aromatic carbocycles. The Morgan fingerprint density at radius 1 is 1.04 bits per heavy atom. The minimum Gasteiger partial charge on any atom is -0.371 e. The second-order valence-electron chi connectivity index (χ2n) is 6.55. The number of hydrogen-bond acceptors (Lipinski definition) is 3. The summed E-state index contributed by atoms with van der Waals surface area (Å²) >= 11 is 0. The fourth-order valence-electron chi connectivity index (χ4n) is 3.03. The van der Waals surface area contributed by atoms with E-state index in [0.717, 1.165) is 23.1 Å². The van der Waals surface area contributed by atoms with Gasteiger partial charge in [0.05, 0.1) is 18.5 Å². The van der Waals surface area contributed by atoms with E-state index >= 15 is 0 Å². The van der Waals surface area contributed by atoms with E-state index in [9.17, 15) is 8.42 Å². The summed E-state index contributed by atoms with van der Waals surface area (Å²) in [6, 6.07) is 15.9. The molecule has 134 valence electrons. The third kappa shape index (κ3) is 4.48. The Labute approximate surface area is 150 Å². The van der Waals surface area contributed by atoms with E-state index in [1.807, 2.05) is 43.3 Å². The van der Waals surface area contributed by atoms with E-state index in [4.69, 9.17) is 4.74 Å². The van der Waals surface area contributed by atoms with Gasteiger partial charge < -0.3 is 4.74 Å². The van der Waals surface area contributed by atoms with Gasteiger partial charge in [0.25, 0.3) is 0 Å². The molecule has 0 aliphatic carbocycles. The van der Waals surface area contributed by atoms with Gasteiger partial charge in [0, 0.05) is 13.1 Å². The molecule has 4 nitrogen and oxygen atoms in total. The Morgan fingerprint density at radius 2 is 1.68 bits per heavy atom. The third-order valence-corrected chi connectivity index (χ3v) is 6.47. The molecule has 1 unspecified atom stereocenters. The van der Waals surface area contributed by atoms with Gasteiger partial charge in [-0.3, -0.25) is 0 Å². The van der Waals surface area contributed by atoms with Crippen LogP contribution in [0.2, 0.25) is 0 Å². The van der Waals surface area contributed by atoms with E-state index < -0.39 is 10.0 Å². The summed E-state index contributed by atoms with van der Waals surface area (Å²) < 4.78 is 33.0. The van der Waals surface area contributed by atoms with Crippen molar-refractivity contribution in [1.82, 2.24) is 4.31 Å². The lowest BCUT2D eigenvalue weighted by atomic mass is 10.1. The van der Waals surface area contributed by atoms with Gasteiger partial charge in [0.1, 0.15) is 0 Å². The molecule has 1 aliphatic rings. The molecule has 25 heavy (non-hydrogen) atoms. The van der Waals surface area contributed by atoms with Crippen LogP contribution in [0.5, 0.6) is 0 Å². The molecule has 5 heteroatoms. The molecule has 3 rings (SSSR count). The maximum absolute atomic E-state index is 12.8. The summed E-state index contributed by atoms with van der Waals surface area (Å²) in [7, 11) is -3.35. The van der Waals surface area contributed by atoms with Crippen molar-refractivity contribution in [2.75, 3.05) is 19.7 Å². The van der Waals surface area contributed by atoms with E-state index in [1.165, 1.54) is 5.56 Å². The second-order valence-corrected chi connectivity index (χ2v) is 8.52. The maximum atomic E-state index is 12.8. The van der Waals surface area contributed by atoms with E-state index in [1.54, 1.807) is 4.31 Å². The van der Waals surface area contributed by atoms with Crippen molar-refractivity contribution in [2.24, 2.45) is 0 Å². The summed E-state index contributed by atoms with van der Waals surface area (Å²) in [6.45, 7) is 5.32. The van der Waals surface area contributed by atoms with Crippen LogP contribution in [0.15, 0.2) is 48.5 Å². The average molecular weight is 359 g/mol. The summed E-state index contributed by atoms with van der Waals surface area (Å²) in [5.74, 6) is 0.0365. The zero-order valence-electron chi connectivity index (χ0n) is 14.8. The first kappa shape index (κ1) is 18.1. The second kappa shape index (κ2) is 7.68. The molecule has 1 fully saturated rings. The standard InChI is InChI=1S/C20H25NO3S/c1-3-17-8-10-19(11-9-17)20-14-21(12-13-24-20)25(22,23)15-18-6-4-16(2)5-7-18/h4-11,20H,3,12-15H2,1-2H3. The Bertz CT molecular complexity index is 798. The Balaban J connectivity index is 1.71. The van der Waals surface area contributed by atoms with Crippen LogP contribution in [-0.2, 0) is 26.9 Å². The van der Waals surface area contributed by atoms with Crippen molar-refractivity contribution < 1.29 is 13.2 Å². The minimum atomic E-state index is -3.35. The first-order valence-electron chi connectivity index (χ1n) is 8.72. The highest BCUT2D eigenvalue weighted by Gasteiger charge is 2.30. The van der Waals surface area contributed by atoms with Gasteiger partial charge in [-0.2, -0.15) is 4.31 Å². The highest BCUT2D eigenvalue weighted by molar-refractivity contribution is 7.88. The predicted octanol–water partition coefficient (Wildman–Crippen LogP) is 3.46. The molecule has 0 saturated carbocycles.